The molecule has 0 unspecified atom stereocenters. The summed E-state index contributed by atoms with van der Waals surface area (Å²) in [7, 11) is 1.67. The lowest BCUT2D eigenvalue weighted by Gasteiger charge is -2.36. The topological polar surface area (TPSA) is 64.1 Å². The molecule has 0 N–H and O–H groups in total. The van der Waals surface area contributed by atoms with Crippen LogP contribution in [0.25, 0.3) is 22.2 Å². The molecule has 0 atom stereocenters. The number of anilines is 1. The third-order valence-electron chi connectivity index (χ3n) is 6.77. The molecule has 0 bridgehead atoms. The third kappa shape index (κ3) is 4.17. The standard InChI is InChI=1S/C29H27N3O4/c1-34-22-6-4-5-21(18-22)31-11-13-32(14-12-31)29(33)24-19-26(30-25-8-3-2-7-23(24)25)20-9-10-27-28(17-20)36-16-15-35-27/h2-10,17-19H,11-16H2,1H3. The predicted molar refractivity (Wildman–Crippen MR) is 139 cm³/mol. The van der Waals surface area contributed by atoms with E-state index in [1.165, 1.54) is 0 Å². The molecule has 0 spiro atoms. The summed E-state index contributed by atoms with van der Waals surface area (Å²) in [6.45, 7) is 3.88. The van der Waals surface area contributed by atoms with Crippen molar-refractivity contribution in [2.75, 3.05) is 51.4 Å². The maximum atomic E-state index is 13.8. The first-order chi connectivity index (χ1) is 17.7. The Kier molecular flexibility index (Phi) is 5.81. The van der Waals surface area contributed by atoms with E-state index in [4.69, 9.17) is 19.2 Å². The van der Waals surface area contributed by atoms with Crippen LogP contribution in [0.5, 0.6) is 17.2 Å². The Labute approximate surface area is 209 Å². The highest BCUT2D eigenvalue weighted by atomic mass is 16.6. The number of para-hydroxylation sites is 1. The Morgan fingerprint density at radius 2 is 1.67 bits per heavy atom. The number of carbonyl (C=O) groups is 1. The van der Waals surface area contributed by atoms with Gasteiger partial charge in [0.1, 0.15) is 19.0 Å². The van der Waals surface area contributed by atoms with Crippen LogP contribution < -0.4 is 19.1 Å². The van der Waals surface area contributed by atoms with Crippen LogP contribution in [0.1, 0.15) is 10.4 Å². The summed E-state index contributed by atoms with van der Waals surface area (Å²) < 4.78 is 16.8. The number of rotatable bonds is 4. The molecule has 1 fully saturated rings. The van der Waals surface area contributed by atoms with Gasteiger partial charge in [-0.3, -0.25) is 4.79 Å². The zero-order chi connectivity index (χ0) is 24.5. The van der Waals surface area contributed by atoms with E-state index < -0.39 is 0 Å². The number of carbonyl (C=O) groups excluding carboxylic acids is 1. The van der Waals surface area contributed by atoms with Crippen LogP contribution in [-0.2, 0) is 0 Å². The molecule has 6 rings (SSSR count). The molecule has 1 aromatic heterocycles. The van der Waals surface area contributed by atoms with Crippen molar-refractivity contribution in [1.29, 1.82) is 0 Å². The number of aromatic nitrogens is 1. The van der Waals surface area contributed by atoms with E-state index in [0.29, 0.717) is 37.6 Å². The highest BCUT2D eigenvalue weighted by Crippen LogP contribution is 2.35. The lowest BCUT2D eigenvalue weighted by molar-refractivity contribution is 0.0748. The lowest BCUT2D eigenvalue weighted by Crippen LogP contribution is -2.48. The molecular formula is C29H27N3O4. The number of hydrogen-bond acceptors (Lipinski definition) is 6. The Morgan fingerprint density at radius 3 is 2.50 bits per heavy atom. The fraction of sp³-hybridized carbons (Fsp3) is 0.241. The van der Waals surface area contributed by atoms with E-state index in [0.717, 1.165) is 52.4 Å². The summed E-state index contributed by atoms with van der Waals surface area (Å²) in [5.41, 5.74) is 4.20. The molecule has 7 heteroatoms. The van der Waals surface area contributed by atoms with Gasteiger partial charge < -0.3 is 24.0 Å². The lowest BCUT2D eigenvalue weighted by atomic mass is 10.0. The molecule has 7 nitrogen and oxygen atoms in total. The van der Waals surface area contributed by atoms with E-state index in [1.54, 1.807) is 7.11 Å². The number of nitrogens with zero attached hydrogens (tertiary/aromatic N) is 3. The van der Waals surface area contributed by atoms with Crippen molar-refractivity contribution in [2.24, 2.45) is 0 Å². The summed E-state index contributed by atoms with van der Waals surface area (Å²) in [4.78, 5) is 22.9. The molecule has 1 amide bonds. The smallest absolute Gasteiger partial charge is 0.254 e. The maximum Gasteiger partial charge on any atom is 0.254 e. The van der Waals surface area contributed by atoms with Crippen molar-refractivity contribution in [3.63, 3.8) is 0 Å². The Bertz CT molecular complexity index is 1430. The summed E-state index contributed by atoms with van der Waals surface area (Å²) >= 11 is 0. The first-order valence-corrected chi connectivity index (χ1v) is 12.2. The normalized spacial score (nSPS) is 15.1. The fourth-order valence-corrected chi connectivity index (χ4v) is 4.85. The molecule has 2 aliphatic heterocycles. The summed E-state index contributed by atoms with van der Waals surface area (Å²) in [5, 5.41) is 0.860. The van der Waals surface area contributed by atoms with Gasteiger partial charge in [0.05, 0.1) is 23.9 Å². The van der Waals surface area contributed by atoms with Gasteiger partial charge in [-0.05, 0) is 42.5 Å². The van der Waals surface area contributed by atoms with Gasteiger partial charge in [0, 0.05) is 48.9 Å². The van der Waals surface area contributed by atoms with Crippen LogP contribution in [-0.4, -0.2) is 62.3 Å². The van der Waals surface area contributed by atoms with Crippen molar-refractivity contribution in [3.8, 4) is 28.5 Å². The molecule has 2 aliphatic rings. The molecule has 36 heavy (non-hydrogen) atoms. The van der Waals surface area contributed by atoms with Crippen LogP contribution in [0.4, 0.5) is 5.69 Å². The number of piperazine rings is 1. The largest absolute Gasteiger partial charge is 0.497 e. The first-order valence-electron chi connectivity index (χ1n) is 12.2. The second kappa shape index (κ2) is 9.41. The van der Waals surface area contributed by atoms with Crippen molar-refractivity contribution in [1.82, 2.24) is 9.88 Å². The molecule has 1 saturated heterocycles. The predicted octanol–water partition coefficient (Wildman–Crippen LogP) is 4.64. The van der Waals surface area contributed by atoms with Gasteiger partial charge in [0.15, 0.2) is 11.5 Å². The molecule has 4 aromatic rings. The van der Waals surface area contributed by atoms with Gasteiger partial charge in [-0.15, -0.1) is 0 Å². The van der Waals surface area contributed by atoms with E-state index >= 15 is 0 Å². The Hall–Kier alpha value is -4.26. The van der Waals surface area contributed by atoms with Gasteiger partial charge in [0.2, 0.25) is 0 Å². The SMILES string of the molecule is COc1cccc(N2CCN(C(=O)c3cc(-c4ccc5c(c4)OCCO5)nc4ccccc34)CC2)c1. The van der Waals surface area contributed by atoms with Gasteiger partial charge in [-0.25, -0.2) is 4.98 Å². The summed E-state index contributed by atoms with van der Waals surface area (Å²) in [5.74, 6) is 2.30. The minimum absolute atomic E-state index is 0.0256. The second-order valence-corrected chi connectivity index (χ2v) is 8.91. The molecule has 0 aliphatic carbocycles. The Morgan fingerprint density at radius 1 is 0.861 bits per heavy atom. The number of fused-ring (bicyclic) bond motifs is 2. The molecule has 182 valence electrons. The zero-order valence-corrected chi connectivity index (χ0v) is 20.1. The van der Waals surface area contributed by atoms with Crippen LogP contribution in [0.3, 0.4) is 0 Å². The molecule has 3 heterocycles. The van der Waals surface area contributed by atoms with E-state index in [2.05, 4.69) is 11.0 Å². The maximum absolute atomic E-state index is 13.8. The average Bonchev–Trinajstić information content (AvgIpc) is 2.96. The van der Waals surface area contributed by atoms with Gasteiger partial charge >= 0.3 is 0 Å². The summed E-state index contributed by atoms with van der Waals surface area (Å²) in [6, 6.07) is 23.6. The van der Waals surface area contributed by atoms with Crippen molar-refractivity contribution in [3.05, 3.63) is 78.4 Å². The first kappa shape index (κ1) is 22.2. The summed E-state index contributed by atoms with van der Waals surface area (Å²) in [6.07, 6.45) is 0. The van der Waals surface area contributed by atoms with E-state index in [9.17, 15) is 4.79 Å². The van der Waals surface area contributed by atoms with E-state index in [1.807, 2.05) is 71.6 Å². The van der Waals surface area contributed by atoms with Crippen LogP contribution >= 0.6 is 0 Å². The highest BCUT2D eigenvalue weighted by molar-refractivity contribution is 6.07. The van der Waals surface area contributed by atoms with Gasteiger partial charge in [0.25, 0.3) is 5.91 Å². The number of benzene rings is 3. The number of pyridine rings is 1. The minimum atomic E-state index is 0.0256. The van der Waals surface area contributed by atoms with E-state index in [-0.39, 0.29) is 5.91 Å². The fourth-order valence-electron chi connectivity index (χ4n) is 4.85. The quantitative estimate of drug-likeness (QED) is 0.423. The van der Waals surface area contributed by atoms with Crippen LogP contribution in [0.2, 0.25) is 0 Å². The highest BCUT2D eigenvalue weighted by Gasteiger charge is 2.25. The monoisotopic (exact) mass is 481 g/mol. The number of ether oxygens (including phenoxy) is 3. The van der Waals surface area contributed by atoms with Gasteiger partial charge in [-0.1, -0.05) is 24.3 Å². The number of amides is 1. The number of hydrogen-bond donors (Lipinski definition) is 0. The van der Waals surface area contributed by atoms with Gasteiger partial charge in [-0.2, -0.15) is 0 Å². The van der Waals surface area contributed by atoms with Crippen molar-refractivity contribution in [2.45, 2.75) is 0 Å². The molecule has 0 saturated carbocycles. The Balaban J connectivity index is 1.29. The molecule has 3 aromatic carbocycles. The van der Waals surface area contributed by atoms with Crippen LogP contribution in [0.15, 0.2) is 72.8 Å². The average molecular weight is 482 g/mol. The second-order valence-electron chi connectivity index (χ2n) is 8.91. The zero-order valence-electron chi connectivity index (χ0n) is 20.1. The number of methoxy groups -OCH3 is 1. The third-order valence-corrected chi connectivity index (χ3v) is 6.77. The minimum Gasteiger partial charge on any atom is -0.497 e. The molecular weight excluding hydrogens is 454 g/mol. The molecule has 0 radical (unpaired) electrons. The van der Waals surface area contributed by atoms with Crippen molar-refractivity contribution >= 4 is 22.5 Å². The van der Waals surface area contributed by atoms with Crippen LogP contribution in [0, 0.1) is 0 Å². The van der Waals surface area contributed by atoms with Crippen molar-refractivity contribution < 1.29 is 19.0 Å².